The van der Waals surface area contributed by atoms with Gasteiger partial charge in [0.1, 0.15) is 0 Å². The molecule has 0 aromatic carbocycles. The lowest BCUT2D eigenvalue weighted by atomic mass is 9.97. The van der Waals surface area contributed by atoms with Crippen LogP contribution in [0, 0.1) is 6.57 Å². The van der Waals surface area contributed by atoms with Crippen LogP contribution >= 0.6 is 0 Å². The monoisotopic (exact) mass is 151 g/mol. The highest BCUT2D eigenvalue weighted by Crippen LogP contribution is 2.22. The molecule has 0 atom stereocenters. The van der Waals surface area contributed by atoms with Crippen LogP contribution in [0.15, 0.2) is 4.42 Å². The molecule has 0 aliphatic carbocycles. The third-order valence-electron chi connectivity index (χ3n) is 1.15. The number of hydrogen-bond acceptors (Lipinski definition) is 3. The van der Waals surface area contributed by atoms with Crippen molar-refractivity contribution in [3.05, 3.63) is 17.3 Å². The van der Waals surface area contributed by atoms with Gasteiger partial charge in [-0.15, -0.1) is 0 Å². The van der Waals surface area contributed by atoms with E-state index < -0.39 is 0 Å². The van der Waals surface area contributed by atoms with E-state index in [1.807, 2.05) is 20.8 Å². The summed E-state index contributed by atoms with van der Waals surface area (Å²) in [6, 6.07) is 0.00919. The molecule has 4 nitrogen and oxygen atoms in total. The van der Waals surface area contributed by atoms with Gasteiger partial charge >= 0.3 is 6.01 Å². The minimum atomic E-state index is -0.171. The number of nitrogens with zero attached hydrogens (tertiary/aromatic N) is 3. The molecule has 0 bridgehead atoms. The molecule has 1 aromatic heterocycles. The van der Waals surface area contributed by atoms with Crippen LogP contribution in [0.25, 0.3) is 4.85 Å². The molecular weight excluding hydrogens is 142 g/mol. The molecule has 1 heterocycles. The Labute approximate surface area is 65.1 Å². The van der Waals surface area contributed by atoms with Crippen LogP contribution in [0.5, 0.6) is 0 Å². The molecule has 0 unspecified atom stereocenters. The fourth-order valence-corrected chi connectivity index (χ4v) is 0.564. The Bertz CT molecular complexity index is 289. The molecule has 0 radical (unpaired) electrons. The van der Waals surface area contributed by atoms with E-state index in [2.05, 4.69) is 15.0 Å². The molecule has 0 fully saturated rings. The van der Waals surface area contributed by atoms with Gasteiger partial charge in [-0.25, -0.2) is 0 Å². The number of rotatable bonds is 0. The lowest BCUT2D eigenvalue weighted by Gasteiger charge is -2.10. The van der Waals surface area contributed by atoms with Crippen molar-refractivity contribution < 1.29 is 4.42 Å². The van der Waals surface area contributed by atoms with Gasteiger partial charge in [0.2, 0.25) is 5.89 Å². The SMILES string of the molecule is [C-]#[N+]c1nnc(C(C)(C)C)o1. The summed E-state index contributed by atoms with van der Waals surface area (Å²) >= 11 is 0. The second-order valence-electron chi connectivity index (χ2n) is 3.25. The Morgan fingerprint density at radius 2 is 2.00 bits per heavy atom. The summed E-state index contributed by atoms with van der Waals surface area (Å²) in [5, 5.41) is 7.26. The Hall–Kier alpha value is -1.37. The van der Waals surface area contributed by atoms with Crippen molar-refractivity contribution in [3.63, 3.8) is 0 Å². The van der Waals surface area contributed by atoms with Crippen LogP contribution in [0.3, 0.4) is 0 Å². The van der Waals surface area contributed by atoms with E-state index in [-0.39, 0.29) is 11.4 Å². The predicted molar refractivity (Wildman–Crippen MR) is 39.3 cm³/mol. The summed E-state index contributed by atoms with van der Waals surface area (Å²) in [6.45, 7) is 12.4. The minimum absolute atomic E-state index is 0.00919. The first-order chi connectivity index (χ1) is 5.04. The summed E-state index contributed by atoms with van der Waals surface area (Å²) in [7, 11) is 0. The van der Waals surface area contributed by atoms with Crippen molar-refractivity contribution >= 4 is 6.01 Å². The molecule has 58 valence electrons. The molecule has 0 aliphatic heterocycles. The van der Waals surface area contributed by atoms with Crippen molar-refractivity contribution in [3.8, 4) is 0 Å². The van der Waals surface area contributed by atoms with Crippen LogP contribution in [-0.2, 0) is 5.41 Å². The summed E-state index contributed by atoms with van der Waals surface area (Å²) in [4.78, 5) is 3.01. The Kier molecular flexibility index (Phi) is 1.65. The van der Waals surface area contributed by atoms with Crippen molar-refractivity contribution in [2.45, 2.75) is 26.2 Å². The van der Waals surface area contributed by atoms with Crippen LogP contribution in [0.2, 0.25) is 0 Å². The highest BCUT2D eigenvalue weighted by atomic mass is 16.4. The van der Waals surface area contributed by atoms with E-state index in [1.54, 1.807) is 0 Å². The Morgan fingerprint density at radius 1 is 1.36 bits per heavy atom. The maximum atomic E-state index is 6.59. The zero-order chi connectivity index (χ0) is 8.48. The van der Waals surface area contributed by atoms with Crippen LogP contribution in [0.1, 0.15) is 26.7 Å². The summed E-state index contributed by atoms with van der Waals surface area (Å²) in [5.74, 6) is 0.503. The molecule has 0 saturated heterocycles. The van der Waals surface area contributed by atoms with Gasteiger partial charge in [-0.2, -0.15) is 0 Å². The number of hydrogen-bond donors (Lipinski definition) is 0. The third kappa shape index (κ3) is 1.55. The zero-order valence-corrected chi connectivity index (χ0v) is 6.75. The van der Waals surface area contributed by atoms with Gasteiger partial charge in [-0.1, -0.05) is 27.3 Å². The summed E-state index contributed by atoms with van der Waals surface area (Å²) in [6.07, 6.45) is 0. The topological polar surface area (TPSA) is 43.3 Å². The highest BCUT2D eigenvalue weighted by molar-refractivity contribution is 5.18. The van der Waals surface area contributed by atoms with Crippen molar-refractivity contribution in [2.75, 3.05) is 0 Å². The Balaban J connectivity index is 3.01. The van der Waals surface area contributed by atoms with Gasteiger partial charge in [0.25, 0.3) is 0 Å². The molecule has 0 N–H and O–H groups in total. The van der Waals surface area contributed by atoms with E-state index in [9.17, 15) is 0 Å². The predicted octanol–water partition coefficient (Wildman–Crippen LogP) is 1.92. The van der Waals surface area contributed by atoms with Crippen molar-refractivity contribution in [1.82, 2.24) is 10.2 Å². The van der Waals surface area contributed by atoms with Crippen LogP contribution in [-0.4, -0.2) is 10.2 Å². The number of aromatic nitrogens is 2. The van der Waals surface area contributed by atoms with Gasteiger partial charge in [-0.3, -0.25) is 0 Å². The first kappa shape index (κ1) is 7.73. The molecule has 1 aromatic rings. The normalized spacial score (nSPS) is 11.1. The zero-order valence-electron chi connectivity index (χ0n) is 6.75. The molecule has 4 heteroatoms. The molecule has 1 rings (SSSR count). The lowest BCUT2D eigenvalue weighted by Crippen LogP contribution is -2.11. The van der Waals surface area contributed by atoms with E-state index in [4.69, 9.17) is 11.0 Å². The maximum Gasteiger partial charge on any atom is 0.475 e. The smallest absolute Gasteiger partial charge is 0.447 e. The average Bonchev–Trinajstić information content (AvgIpc) is 2.32. The molecule has 0 saturated carbocycles. The molecular formula is C7H9N3O. The molecule has 0 amide bonds. The summed E-state index contributed by atoms with van der Waals surface area (Å²) < 4.78 is 5.02. The Morgan fingerprint density at radius 3 is 2.27 bits per heavy atom. The first-order valence-corrected chi connectivity index (χ1v) is 3.25. The largest absolute Gasteiger partial charge is 0.475 e. The maximum absolute atomic E-state index is 6.59. The van der Waals surface area contributed by atoms with Gasteiger partial charge < -0.3 is 9.26 Å². The van der Waals surface area contributed by atoms with Gasteiger partial charge in [0.15, 0.2) is 0 Å². The van der Waals surface area contributed by atoms with E-state index in [0.29, 0.717) is 5.89 Å². The second-order valence-corrected chi connectivity index (χ2v) is 3.25. The van der Waals surface area contributed by atoms with Crippen LogP contribution in [0.4, 0.5) is 6.01 Å². The average molecular weight is 151 g/mol. The van der Waals surface area contributed by atoms with Crippen molar-refractivity contribution in [1.29, 1.82) is 0 Å². The standard InChI is InChI=1S/C7H9N3O/c1-7(2,3)5-9-10-6(8-4)11-5/h1-3H3. The highest BCUT2D eigenvalue weighted by Gasteiger charge is 2.22. The minimum Gasteiger partial charge on any atom is -0.447 e. The molecule has 0 spiro atoms. The van der Waals surface area contributed by atoms with E-state index in [0.717, 1.165) is 0 Å². The fourth-order valence-electron chi connectivity index (χ4n) is 0.564. The molecule has 11 heavy (non-hydrogen) atoms. The van der Waals surface area contributed by atoms with Gasteiger partial charge in [-0.05, 0) is 5.10 Å². The van der Waals surface area contributed by atoms with Gasteiger partial charge in [0.05, 0.1) is 0 Å². The summed E-state index contributed by atoms with van der Waals surface area (Å²) in [5.41, 5.74) is -0.171. The second kappa shape index (κ2) is 2.35. The quantitative estimate of drug-likeness (QED) is 0.532. The molecule has 0 aliphatic rings. The van der Waals surface area contributed by atoms with E-state index in [1.165, 1.54) is 0 Å². The third-order valence-corrected chi connectivity index (χ3v) is 1.15. The first-order valence-electron chi connectivity index (χ1n) is 3.25. The van der Waals surface area contributed by atoms with Gasteiger partial charge in [0, 0.05) is 10.5 Å². The fraction of sp³-hybridized carbons (Fsp3) is 0.571. The van der Waals surface area contributed by atoms with Crippen LogP contribution < -0.4 is 0 Å². The van der Waals surface area contributed by atoms with E-state index >= 15 is 0 Å². The lowest BCUT2D eigenvalue weighted by molar-refractivity contribution is 0.403. The van der Waals surface area contributed by atoms with Crippen molar-refractivity contribution in [2.24, 2.45) is 0 Å².